The van der Waals surface area contributed by atoms with E-state index in [4.69, 9.17) is 15.6 Å². The predicted octanol–water partition coefficient (Wildman–Crippen LogP) is 2.11. The van der Waals surface area contributed by atoms with Crippen molar-refractivity contribution >= 4 is 32.5 Å². The van der Waals surface area contributed by atoms with Crippen LogP contribution in [0, 0.1) is 11.6 Å². The molecule has 4 N–H and O–H groups in total. The summed E-state index contributed by atoms with van der Waals surface area (Å²) < 4.78 is 57.3. The summed E-state index contributed by atoms with van der Waals surface area (Å²) in [6.45, 7) is -0.466. The molecule has 8 nitrogen and oxygen atoms in total. The Kier molecular flexibility index (Phi) is 5.12. The maximum Gasteiger partial charge on any atom is 0.238 e. The number of nitrogens with zero attached hydrogens (tertiary/aromatic N) is 2. The molecule has 1 atom stereocenters. The largest absolute Gasteiger partial charge is 0.497 e. The number of carbonyl (C=O) groups excluding carboxylic acids is 1. The van der Waals surface area contributed by atoms with Crippen molar-refractivity contribution in [3.8, 4) is 5.75 Å². The molecule has 11 heteroatoms. The van der Waals surface area contributed by atoms with Gasteiger partial charge in [0.25, 0.3) is 0 Å². The minimum absolute atomic E-state index is 0.0746. The number of sulfonamides is 1. The van der Waals surface area contributed by atoms with Crippen molar-refractivity contribution < 1.29 is 26.7 Å². The fourth-order valence-corrected chi connectivity index (χ4v) is 4.16. The number of fused-ring (bicyclic) bond motifs is 3. The number of benzene rings is 2. The van der Waals surface area contributed by atoms with Gasteiger partial charge in [-0.25, -0.2) is 22.3 Å². The number of anilines is 1. The molecule has 2 aromatic carbocycles. The van der Waals surface area contributed by atoms with E-state index in [0.717, 1.165) is 0 Å². The molecule has 0 aliphatic carbocycles. The van der Waals surface area contributed by atoms with Gasteiger partial charge in [0.05, 0.1) is 29.8 Å². The van der Waals surface area contributed by atoms with Crippen LogP contribution in [-0.4, -0.2) is 26.4 Å². The normalized spacial score (nSPS) is 16.5. The number of ether oxygens (including phenoxy) is 1. The summed E-state index contributed by atoms with van der Waals surface area (Å²) in [7, 11) is -2.79. The Balaban J connectivity index is 1.87. The molecular weight excluding hydrogens is 430 g/mol. The number of primary sulfonamides is 1. The molecule has 2 heterocycles. The van der Waals surface area contributed by atoms with Crippen molar-refractivity contribution in [2.75, 3.05) is 12.0 Å². The van der Waals surface area contributed by atoms with Crippen LogP contribution in [0.2, 0.25) is 0 Å². The Morgan fingerprint density at radius 1 is 1.23 bits per heavy atom. The second-order valence-corrected chi connectivity index (χ2v) is 8.71. The number of pyridine rings is 1. The van der Waals surface area contributed by atoms with Crippen LogP contribution >= 0.6 is 0 Å². The Morgan fingerprint density at radius 2 is 1.90 bits per heavy atom. The van der Waals surface area contributed by atoms with Crippen LogP contribution in [0.5, 0.6) is 5.75 Å². The molecule has 0 saturated heterocycles. The van der Waals surface area contributed by atoms with Crippen molar-refractivity contribution in [1.29, 1.82) is 0 Å². The lowest BCUT2D eigenvalue weighted by atomic mass is 9.95. The second-order valence-electron chi connectivity index (χ2n) is 7.15. The van der Waals surface area contributed by atoms with E-state index in [2.05, 4.69) is 4.98 Å². The summed E-state index contributed by atoms with van der Waals surface area (Å²) in [6, 6.07) is 5.66. The predicted molar refractivity (Wildman–Crippen MR) is 109 cm³/mol. The summed E-state index contributed by atoms with van der Waals surface area (Å²) in [6.07, 6.45) is 1.45. The quantitative estimate of drug-likeness (QED) is 0.629. The van der Waals surface area contributed by atoms with Crippen molar-refractivity contribution in [1.82, 2.24) is 4.98 Å². The molecule has 1 aliphatic rings. The van der Waals surface area contributed by atoms with Crippen LogP contribution in [0.3, 0.4) is 0 Å². The van der Waals surface area contributed by atoms with E-state index in [1.165, 1.54) is 18.2 Å². The first-order valence-electron chi connectivity index (χ1n) is 9.13. The average Bonchev–Trinajstić information content (AvgIpc) is 2.70. The molecule has 4 rings (SSSR count). The highest BCUT2D eigenvalue weighted by Gasteiger charge is 2.33. The van der Waals surface area contributed by atoms with Crippen molar-refractivity contribution in [3.05, 3.63) is 59.3 Å². The van der Waals surface area contributed by atoms with Crippen molar-refractivity contribution in [2.24, 2.45) is 10.9 Å². The maximum absolute atomic E-state index is 14.6. The first kappa shape index (κ1) is 21.1. The van der Waals surface area contributed by atoms with Crippen molar-refractivity contribution in [2.45, 2.75) is 23.9 Å². The number of hydrogen-bond acceptors (Lipinski definition) is 6. The lowest BCUT2D eigenvalue weighted by Gasteiger charge is -2.33. The molecule has 3 aromatic rings. The number of rotatable bonds is 4. The number of aromatic nitrogens is 1. The zero-order chi connectivity index (χ0) is 22.5. The minimum Gasteiger partial charge on any atom is -0.497 e. The van der Waals surface area contributed by atoms with Gasteiger partial charge < -0.3 is 15.4 Å². The zero-order valence-corrected chi connectivity index (χ0v) is 17.1. The van der Waals surface area contributed by atoms with E-state index in [1.807, 2.05) is 0 Å². The van der Waals surface area contributed by atoms with Gasteiger partial charge in [0.1, 0.15) is 17.4 Å². The Morgan fingerprint density at radius 3 is 2.52 bits per heavy atom. The van der Waals surface area contributed by atoms with Crippen LogP contribution in [0.15, 0.2) is 41.4 Å². The highest BCUT2D eigenvalue weighted by Crippen LogP contribution is 2.40. The fraction of sp³-hybridized carbons (Fsp3) is 0.200. The SMILES string of the molecule is COc1ccc2c3c(cnc2c1)C(N)CC(=O)N3Cc1c(F)cc(S(N)(=O)=O)cc1F. The molecule has 1 aromatic heterocycles. The van der Waals surface area contributed by atoms with E-state index in [-0.39, 0.29) is 6.42 Å². The van der Waals surface area contributed by atoms with Crippen LogP contribution in [0.4, 0.5) is 14.5 Å². The Hall–Kier alpha value is -3.15. The molecule has 1 unspecified atom stereocenters. The summed E-state index contributed by atoms with van der Waals surface area (Å²) in [5, 5.41) is 5.52. The molecule has 0 spiro atoms. The Labute approximate surface area is 176 Å². The fourth-order valence-electron chi connectivity index (χ4n) is 3.63. The smallest absolute Gasteiger partial charge is 0.238 e. The first-order chi connectivity index (χ1) is 14.6. The van der Waals surface area contributed by atoms with Crippen LogP contribution in [-0.2, 0) is 21.4 Å². The van der Waals surface area contributed by atoms with E-state index in [9.17, 15) is 22.0 Å². The molecule has 0 bridgehead atoms. The van der Waals surface area contributed by atoms with Gasteiger partial charge in [0, 0.05) is 41.2 Å². The number of amides is 1. The third-order valence-corrected chi connectivity index (χ3v) is 6.09. The van der Waals surface area contributed by atoms with Gasteiger partial charge in [-0.15, -0.1) is 0 Å². The third-order valence-electron chi connectivity index (χ3n) is 5.20. The number of nitrogens with two attached hydrogens (primary N) is 2. The van der Waals surface area contributed by atoms with Crippen LogP contribution in [0.1, 0.15) is 23.6 Å². The number of methoxy groups -OCH3 is 1. The van der Waals surface area contributed by atoms with Gasteiger partial charge in [-0.1, -0.05) is 0 Å². The number of carbonyl (C=O) groups is 1. The van der Waals surface area contributed by atoms with Gasteiger partial charge >= 0.3 is 0 Å². The van der Waals surface area contributed by atoms with Gasteiger partial charge in [0.2, 0.25) is 15.9 Å². The minimum atomic E-state index is -4.30. The maximum atomic E-state index is 14.6. The first-order valence-corrected chi connectivity index (χ1v) is 10.7. The van der Waals surface area contributed by atoms with Gasteiger partial charge in [-0.05, 0) is 24.3 Å². The molecule has 1 amide bonds. The van der Waals surface area contributed by atoms with E-state index in [1.54, 1.807) is 18.2 Å². The van der Waals surface area contributed by atoms with Gasteiger partial charge in [-0.2, -0.15) is 0 Å². The summed E-state index contributed by atoms with van der Waals surface area (Å²) in [5.74, 6) is -2.15. The molecule has 0 radical (unpaired) electrons. The van der Waals surface area contributed by atoms with Crippen LogP contribution < -0.4 is 20.5 Å². The monoisotopic (exact) mass is 448 g/mol. The van der Waals surface area contributed by atoms with E-state index in [0.29, 0.717) is 40.0 Å². The van der Waals surface area contributed by atoms with Crippen molar-refractivity contribution in [3.63, 3.8) is 0 Å². The molecule has 0 saturated carbocycles. The highest BCUT2D eigenvalue weighted by molar-refractivity contribution is 7.89. The third kappa shape index (κ3) is 3.71. The topological polar surface area (TPSA) is 129 Å². The Bertz CT molecular complexity index is 1310. The molecule has 1 aliphatic heterocycles. The lowest BCUT2D eigenvalue weighted by Crippen LogP contribution is -2.39. The summed E-state index contributed by atoms with van der Waals surface area (Å²) in [5.41, 5.74) is 7.11. The number of hydrogen-bond donors (Lipinski definition) is 2. The molecular formula is C20H18F2N4O4S. The summed E-state index contributed by atoms with van der Waals surface area (Å²) >= 11 is 0. The van der Waals surface area contributed by atoms with Crippen LogP contribution in [0.25, 0.3) is 10.9 Å². The molecule has 162 valence electrons. The zero-order valence-electron chi connectivity index (χ0n) is 16.3. The van der Waals surface area contributed by atoms with Gasteiger partial charge in [0.15, 0.2) is 0 Å². The molecule has 31 heavy (non-hydrogen) atoms. The molecule has 0 fully saturated rings. The highest BCUT2D eigenvalue weighted by atomic mass is 32.2. The summed E-state index contributed by atoms with van der Waals surface area (Å²) in [4.78, 5) is 17.7. The van der Waals surface area contributed by atoms with E-state index < -0.39 is 50.6 Å². The lowest BCUT2D eigenvalue weighted by molar-refractivity contribution is -0.119. The average molecular weight is 448 g/mol. The standard InChI is InChI=1S/C20H18F2N4O4S/c1-30-10-2-3-12-18(4-10)25-8-13-17(23)7-19(27)26(20(12)13)9-14-15(21)5-11(6-16(14)22)31(24,28)29/h2-6,8,17H,7,9,23H2,1H3,(H2,24,28,29). The number of halogens is 2. The second kappa shape index (κ2) is 7.52. The van der Waals surface area contributed by atoms with Gasteiger partial charge in [-0.3, -0.25) is 9.78 Å². The van der Waals surface area contributed by atoms with E-state index >= 15 is 0 Å².